The minimum atomic E-state index is -3.85. The average molecular weight is 312 g/mol. The Morgan fingerprint density at radius 1 is 1.35 bits per heavy atom. The maximum atomic E-state index is 12.3. The van der Waals surface area contributed by atoms with E-state index in [2.05, 4.69) is 19.8 Å². The van der Waals surface area contributed by atoms with Crippen LogP contribution in [0.3, 0.4) is 0 Å². The zero-order chi connectivity index (χ0) is 14.3. The maximum absolute atomic E-state index is 12.3. The van der Waals surface area contributed by atoms with Gasteiger partial charge in [-0.1, -0.05) is 23.7 Å². The lowest BCUT2D eigenvalue weighted by Gasteiger charge is -2.05. The van der Waals surface area contributed by atoms with Gasteiger partial charge in [-0.2, -0.15) is 13.5 Å². The fourth-order valence-corrected chi connectivity index (χ4v) is 3.50. The summed E-state index contributed by atoms with van der Waals surface area (Å²) < 4.78 is 28.1. The molecule has 9 heteroatoms. The number of rotatable bonds is 3. The molecule has 3 aromatic rings. The lowest BCUT2D eigenvalue weighted by Crippen LogP contribution is -2.17. The molecule has 0 saturated heterocycles. The Kier molecular flexibility index (Phi) is 2.91. The normalized spacial score (nSPS) is 11.9. The lowest BCUT2D eigenvalue weighted by atomic mass is 10.3. The number of aromatic nitrogens is 4. The van der Waals surface area contributed by atoms with Crippen LogP contribution in [-0.4, -0.2) is 28.2 Å². The van der Waals surface area contributed by atoms with Gasteiger partial charge in [-0.3, -0.25) is 4.68 Å². The van der Waals surface area contributed by atoms with Crippen LogP contribution in [0.25, 0.3) is 11.0 Å². The Morgan fingerprint density at radius 3 is 2.75 bits per heavy atom. The summed E-state index contributed by atoms with van der Waals surface area (Å²) in [5.74, 6) is 0.128. The van der Waals surface area contributed by atoms with Crippen molar-refractivity contribution in [2.75, 3.05) is 4.72 Å². The van der Waals surface area contributed by atoms with Crippen molar-refractivity contribution < 1.29 is 8.42 Å². The molecule has 2 heterocycles. The first-order chi connectivity index (χ1) is 9.47. The van der Waals surface area contributed by atoms with Gasteiger partial charge in [-0.15, -0.1) is 0 Å². The molecule has 20 heavy (non-hydrogen) atoms. The molecule has 0 spiro atoms. The van der Waals surface area contributed by atoms with Crippen molar-refractivity contribution in [3.8, 4) is 0 Å². The maximum Gasteiger partial charge on any atom is 0.282 e. The molecule has 0 unspecified atom stereocenters. The van der Waals surface area contributed by atoms with E-state index in [4.69, 9.17) is 11.6 Å². The van der Waals surface area contributed by atoms with Gasteiger partial charge in [0.1, 0.15) is 0 Å². The first-order valence-electron chi connectivity index (χ1n) is 5.62. The molecule has 0 radical (unpaired) electrons. The lowest BCUT2D eigenvalue weighted by molar-refractivity contribution is 0.582. The Balaban J connectivity index is 2.01. The Labute approximate surface area is 119 Å². The molecule has 0 aliphatic heterocycles. The number of sulfonamides is 1. The van der Waals surface area contributed by atoms with Crippen LogP contribution in [0.4, 0.5) is 5.95 Å². The van der Waals surface area contributed by atoms with Crippen LogP contribution in [0.2, 0.25) is 5.02 Å². The number of aromatic amines is 1. The van der Waals surface area contributed by atoms with Crippen LogP contribution in [0.1, 0.15) is 0 Å². The molecule has 0 fully saturated rings. The van der Waals surface area contributed by atoms with Crippen molar-refractivity contribution in [1.29, 1.82) is 0 Å². The van der Waals surface area contributed by atoms with Crippen LogP contribution in [0.5, 0.6) is 0 Å². The number of aryl methyl sites for hydroxylation is 1. The van der Waals surface area contributed by atoms with E-state index in [-0.39, 0.29) is 16.0 Å². The largest absolute Gasteiger partial charge is 0.323 e. The molecule has 2 N–H and O–H groups in total. The predicted molar refractivity (Wildman–Crippen MR) is 75.1 cm³/mol. The van der Waals surface area contributed by atoms with Crippen molar-refractivity contribution in [2.24, 2.45) is 7.05 Å². The second-order valence-corrected chi connectivity index (χ2v) is 6.13. The molecule has 7 nitrogen and oxygen atoms in total. The quantitative estimate of drug-likeness (QED) is 0.770. The Hall–Kier alpha value is -2.06. The molecule has 2 aromatic heterocycles. The summed E-state index contributed by atoms with van der Waals surface area (Å²) in [7, 11) is -2.36. The summed E-state index contributed by atoms with van der Waals surface area (Å²) in [6, 6.07) is 7.23. The topological polar surface area (TPSA) is 92.7 Å². The minimum Gasteiger partial charge on any atom is -0.323 e. The highest BCUT2D eigenvalue weighted by Crippen LogP contribution is 2.22. The number of para-hydroxylation sites is 2. The van der Waals surface area contributed by atoms with Crippen LogP contribution in [-0.2, 0) is 17.1 Å². The molecule has 0 aliphatic rings. The molecule has 1 aromatic carbocycles. The third kappa shape index (κ3) is 2.12. The van der Waals surface area contributed by atoms with Gasteiger partial charge in [0, 0.05) is 7.05 Å². The highest BCUT2D eigenvalue weighted by molar-refractivity contribution is 7.92. The first kappa shape index (κ1) is 12.9. The van der Waals surface area contributed by atoms with Crippen molar-refractivity contribution in [2.45, 2.75) is 5.03 Å². The van der Waals surface area contributed by atoms with Gasteiger partial charge in [-0.25, -0.2) is 9.71 Å². The van der Waals surface area contributed by atoms with Crippen LogP contribution in [0, 0.1) is 0 Å². The van der Waals surface area contributed by atoms with E-state index in [0.717, 1.165) is 5.52 Å². The van der Waals surface area contributed by atoms with E-state index >= 15 is 0 Å². The summed E-state index contributed by atoms with van der Waals surface area (Å²) in [5, 5.41) is 3.74. The highest BCUT2D eigenvalue weighted by Gasteiger charge is 2.23. The average Bonchev–Trinajstić information content (AvgIpc) is 2.91. The van der Waals surface area contributed by atoms with E-state index in [1.165, 1.54) is 17.9 Å². The number of anilines is 1. The fourth-order valence-electron chi connectivity index (χ4n) is 1.88. The van der Waals surface area contributed by atoms with E-state index in [1.54, 1.807) is 12.1 Å². The molecule has 104 valence electrons. The zero-order valence-corrected chi connectivity index (χ0v) is 11.9. The van der Waals surface area contributed by atoms with Gasteiger partial charge in [0.2, 0.25) is 5.95 Å². The fraction of sp³-hybridized carbons (Fsp3) is 0.0909. The van der Waals surface area contributed by atoms with Gasteiger partial charge in [-0.05, 0) is 12.1 Å². The molecule has 0 atom stereocenters. The van der Waals surface area contributed by atoms with E-state index in [0.29, 0.717) is 5.52 Å². The molecule has 0 bridgehead atoms. The molecule has 3 rings (SSSR count). The molecular formula is C11H10ClN5O2S. The summed E-state index contributed by atoms with van der Waals surface area (Å²) in [6.45, 7) is 0. The monoisotopic (exact) mass is 311 g/mol. The summed E-state index contributed by atoms with van der Waals surface area (Å²) >= 11 is 5.84. The molecular weight excluding hydrogens is 302 g/mol. The Morgan fingerprint density at radius 2 is 2.10 bits per heavy atom. The number of halogens is 1. The SMILES string of the molecule is Cn1ncc(Cl)c1S(=O)(=O)Nc1nc2ccccc2[nH]1. The van der Waals surface area contributed by atoms with Gasteiger partial charge in [0.25, 0.3) is 10.0 Å². The number of H-pyrrole nitrogens is 1. The standard InChI is InChI=1S/C11H10ClN5O2S/c1-17-10(7(12)6-13-17)20(18,19)16-11-14-8-4-2-3-5-9(8)15-11/h2-6H,1H3,(H2,14,15,16). The van der Waals surface area contributed by atoms with Crippen molar-refractivity contribution >= 4 is 38.6 Å². The van der Waals surface area contributed by atoms with E-state index < -0.39 is 10.0 Å². The number of imidazole rings is 1. The molecule has 0 aliphatic carbocycles. The summed E-state index contributed by atoms with van der Waals surface area (Å²) in [5.41, 5.74) is 1.41. The Bertz CT molecular complexity index is 831. The first-order valence-corrected chi connectivity index (χ1v) is 7.48. The van der Waals surface area contributed by atoms with Gasteiger partial charge < -0.3 is 4.98 Å². The minimum absolute atomic E-state index is 0.0520. The van der Waals surface area contributed by atoms with Crippen molar-refractivity contribution in [1.82, 2.24) is 19.7 Å². The summed E-state index contributed by atoms with van der Waals surface area (Å²) in [6.07, 6.45) is 1.27. The third-order valence-corrected chi connectivity index (χ3v) is 4.56. The second-order valence-electron chi connectivity index (χ2n) is 4.13. The van der Waals surface area contributed by atoms with E-state index in [1.807, 2.05) is 12.1 Å². The van der Waals surface area contributed by atoms with Crippen molar-refractivity contribution in [3.05, 3.63) is 35.5 Å². The number of nitrogens with zero attached hydrogens (tertiary/aromatic N) is 3. The number of nitrogens with one attached hydrogen (secondary N) is 2. The molecule has 0 amide bonds. The van der Waals surface area contributed by atoms with Gasteiger partial charge in [0.15, 0.2) is 5.03 Å². The van der Waals surface area contributed by atoms with Crippen LogP contribution in [0.15, 0.2) is 35.5 Å². The number of benzene rings is 1. The summed E-state index contributed by atoms with van der Waals surface area (Å²) in [4.78, 5) is 7.03. The smallest absolute Gasteiger partial charge is 0.282 e. The van der Waals surface area contributed by atoms with Gasteiger partial charge in [0.05, 0.1) is 22.3 Å². The predicted octanol–water partition coefficient (Wildman–Crippen LogP) is 1.75. The number of hydrogen-bond acceptors (Lipinski definition) is 4. The van der Waals surface area contributed by atoms with Gasteiger partial charge >= 0.3 is 0 Å². The van der Waals surface area contributed by atoms with Crippen molar-refractivity contribution in [3.63, 3.8) is 0 Å². The zero-order valence-electron chi connectivity index (χ0n) is 10.3. The van der Waals surface area contributed by atoms with E-state index in [9.17, 15) is 8.42 Å². The number of hydrogen-bond donors (Lipinski definition) is 2. The van der Waals surface area contributed by atoms with Crippen LogP contribution >= 0.6 is 11.6 Å². The highest BCUT2D eigenvalue weighted by atomic mass is 35.5. The third-order valence-electron chi connectivity index (χ3n) is 2.72. The van der Waals surface area contributed by atoms with Crippen LogP contribution < -0.4 is 4.72 Å². The molecule has 0 saturated carbocycles. The number of fused-ring (bicyclic) bond motifs is 1. The second kappa shape index (κ2) is 4.50.